The Hall–Kier alpha value is -1.32. The van der Waals surface area contributed by atoms with Crippen molar-refractivity contribution in [2.75, 3.05) is 13.1 Å². The Morgan fingerprint density at radius 3 is 2.68 bits per heavy atom. The van der Waals surface area contributed by atoms with Crippen LogP contribution < -0.4 is 0 Å². The number of allylic oxidation sites excluding steroid dienone is 1. The summed E-state index contributed by atoms with van der Waals surface area (Å²) in [5, 5.41) is 0. The average molecular weight is 267 g/mol. The average Bonchev–Trinajstić information content (AvgIpc) is 2.76. The molecule has 1 saturated heterocycles. The van der Waals surface area contributed by atoms with Crippen molar-refractivity contribution >= 4 is 11.9 Å². The van der Waals surface area contributed by atoms with Crippen LogP contribution in [0.2, 0.25) is 0 Å². The van der Waals surface area contributed by atoms with Gasteiger partial charge in [0.1, 0.15) is 11.4 Å². The molecule has 1 amide bonds. The molecule has 1 aliphatic heterocycles. The van der Waals surface area contributed by atoms with Crippen molar-refractivity contribution in [1.82, 2.24) is 4.90 Å². The van der Waals surface area contributed by atoms with Gasteiger partial charge in [0.15, 0.2) is 0 Å². The first kappa shape index (κ1) is 15.7. The van der Waals surface area contributed by atoms with E-state index >= 15 is 0 Å². The summed E-state index contributed by atoms with van der Waals surface area (Å²) in [7, 11) is 0. The third-order valence-electron chi connectivity index (χ3n) is 3.13. The number of hydrogen-bond donors (Lipinski definition) is 0. The van der Waals surface area contributed by atoms with E-state index in [4.69, 9.17) is 4.74 Å². The van der Waals surface area contributed by atoms with E-state index in [-0.39, 0.29) is 17.8 Å². The van der Waals surface area contributed by atoms with E-state index in [0.29, 0.717) is 19.5 Å². The first-order valence-corrected chi connectivity index (χ1v) is 6.95. The molecule has 0 aromatic heterocycles. The fraction of sp³-hybridized carbons (Fsp3) is 0.733. The highest BCUT2D eigenvalue weighted by Gasteiger charge is 2.32. The number of ketones is 1. The van der Waals surface area contributed by atoms with Crippen molar-refractivity contribution in [2.24, 2.45) is 5.92 Å². The summed E-state index contributed by atoms with van der Waals surface area (Å²) in [6.45, 7) is 10.3. The molecule has 4 heteroatoms. The quantitative estimate of drug-likeness (QED) is 0.568. The van der Waals surface area contributed by atoms with Crippen LogP contribution in [0.4, 0.5) is 4.79 Å². The third kappa shape index (κ3) is 5.45. The molecule has 0 saturated carbocycles. The smallest absolute Gasteiger partial charge is 0.410 e. The molecule has 108 valence electrons. The van der Waals surface area contributed by atoms with E-state index in [2.05, 4.69) is 6.58 Å². The van der Waals surface area contributed by atoms with Crippen molar-refractivity contribution in [3.05, 3.63) is 12.7 Å². The van der Waals surface area contributed by atoms with Gasteiger partial charge in [-0.2, -0.15) is 0 Å². The van der Waals surface area contributed by atoms with Gasteiger partial charge in [0.2, 0.25) is 0 Å². The largest absolute Gasteiger partial charge is 0.444 e. The van der Waals surface area contributed by atoms with Crippen LogP contribution in [0.1, 0.15) is 46.5 Å². The molecule has 1 heterocycles. The van der Waals surface area contributed by atoms with Crippen LogP contribution >= 0.6 is 0 Å². The van der Waals surface area contributed by atoms with Gasteiger partial charge in [0.05, 0.1) is 0 Å². The second-order valence-corrected chi connectivity index (χ2v) is 6.06. The number of unbranched alkanes of at least 4 members (excludes halogenated alkanes) is 1. The van der Waals surface area contributed by atoms with Crippen LogP contribution in [0.5, 0.6) is 0 Å². The Kier molecular flexibility index (Phi) is 5.58. The molecule has 0 unspecified atom stereocenters. The Morgan fingerprint density at radius 1 is 1.42 bits per heavy atom. The maximum absolute atomic E-state index is 12.0. The zero-order valence-electron chi connectivity index (χ0n) is 12.3. The SMILES string of the molecule is C=CCCCC(=O)[C@@H]1CCN(C(=O)OC(C)(C)C)C1. The number of likely N-dealkylation sites (tertiary alicyclic amines) is 1. The lowest BCUT2D eigenvalue weighted by molar-refractivity contribution is -0.122. The molecule has 19 heavy (non-hydrogen) atoms. The van der Waals surface area contributed by atoms with Gasteiger partial charge in [0.25, 0.3) is 0 Å². The first-order valence-electron chi connectivity index (χ1n) is 6.95. The number of Topliss-reactive ketones (excluding diaryl/α,β-unsaturated/α-hetero) is 1. The number of carbonyl (C=O) groups is 2. The van der Waals surface area contributed by atoms with Crippen molar-refractivity contribution in [3.8, 4) is 0 Å². The van der Waals surface area contributed by atoms with Gasteiger partial charge in [0, 0.05) is 25.4 Å². The topological polar surface area (TPSA) is 46.6 Å². The second kappa shape index (κ2) is 6.73. The van der Waals surface area contributed by atoms with E-state index in [0.717, 1.165) is 19.3 Å². The molecule has 0 aromatic rings. The van der Waals surface area contributed by atoms with Crippen molar-refractivity contribution in [3.63, 3.8) is 0 Å². The monoisotopic (exact) mass is 267 g/mol. The number of ether oxygens (including phenoxy) is 1. The summed E-state index contributed by atoms with van der Waals surface area (Å²) in [5.41, 5.74) is -0.483. The van der Waals surface area contributed by atoms with Gasteiger partial charge >= 0.3 is 6.09 Å². The lowest BCUT2D eigenvalue weighted by Gasteiger charge is -2.24. The van der Waals surface area contributed by atoms with Crippen LogP contribution in [-0.4, -0.2) is 35.5 Å². The summed E-state index contributed by atoms with van der Waals surface area (Å²) in [5.74, 6) is 0.241. The zero-order chi connectivity index (χ0) is 14.5. The minimum Gasteiger partial charge on any atom is -0.444 e. The molecule has 0 bridgehead atoms. The molecule has 0 radical (unpaired) electrons. The second-order valence-electron chi connectivity index (χ2n) is 6.06. The zero-order valence-corrected chi connectivity index (χ0v) is 12.3. The molecule has 1 rings (SSSR count). The van der Waals surface area contributed by atoms with Gasteiger partial charge in [-0.1, -0.05) is 6.08 Å². The molecular weight excluding hydrogens is 242 g/mol. The highest BCUT2D eigenvalue weighted by molar-refractivity contribution is 5.82. The highest BCUT2D eigenvalue weighted by Crippen LogP contribution is 2.21. The van der Waals surface area contributed by atoms with Crippen LogP contribution in [-0.2, 0) is 9.53 Å². The Morgan fingerprint density at radius 2 is 2.11 bits per heavy atom. The van der Waals surface area contributed by atoms with E-state index in [1.54, 1.807) is 4.90 Å². The summed E-state index contributed by atoms with van der Waals surface area (Å²) in [6, 6.07) is 0. The third-order valence-corrected chi connectivity index (χ3v) is 3.13. The van der Waals surface area contributed by atoms with Crippen LogP contribution in [0.3, 0.4) is 0 Å². The maximum Gasteiger partial charge on any atom is 0.410 e. The predicted molar refractivity (Wildman–Crippen MR) is 75.0 cm³/mol. The Labute approximate surface area is 115 Å². The molecule has 1 atom stereocenters. The van der Waals surface area contributed by atoms with Crippen molar-refractivity contribution < 1.29 is 14.3 Å². The summed E-state index contributed by atoms with van der Waals surface area (Å²) < 4.78 is 5.31. The molecule has 1 aliphatic rings. The molecule has 0 N–H and O–H groups in total. The lowest BCUT2D eigenvalue weighted by atomic mass is 9.99. The lowest BCUT2D eigenvalue weighted by Crippen LogP contribution is -2.35. The van der Waals surface area contributed by atoms with Crippen molar-refractivity contribution in [2.45, 2.75) is 52.1 Å². The minimum absolute atomic E-state index is 0.0164. The predicted octanol–water partition coefficient (Wildman–Crippen LogP) is 3.17. The maximum atomic E-state index is 12.0. The van der Waals surface area contributed by atoms with Crippen LogP contribution in [0.25, 0.3) is 0 Å². The van der Waals surface area contributed by atoms with Crippen LogP contribution in [0, 0.1) is 5.92 Å². The van der Waals surface area contributed by atoms with Gasteiger partial charge < -0.3 is 9.64 Å². The molecule has 0 aromatic carbocycles. The van der Waals surface area contributed by atoms with Crippen molar-refractivity contribution in [1.29, 1.82) is 0 Å². The van der Waals surface area contributed by atoms with E-state index in [1.807, 2.05) is 26.8 Å². The molecule has 0 spiro atoms. The summed E-state index contributed by atoms with van der Waals surface area (Å²) >= 11 is 0. The van der Waals surface area contributed by atoms with Gasteiger partial charge in [-0.3, -0.25) is 4.79 Å². The molecule has 1 fully saturated rings. The number of rotatable bonds is 5. The van der Waals surface area contributed by atoms with Crippen LogP contribution in [0.15, 0.2) is 12.7 Å². The van der Waals surface area contributed by atoms with Gasteiger partial charge in [-0.05, 0) is 40.0 Å². The minimum atomic E-state index is -0.483. The fourth-order valence-corrected chi connectivity index (χ4v) is 2.14. The summed E-state index contributed by atoms with van der Waals surface area (Å²) in [4.78, 5) is 25.5. The Bertz CT molecular complexity index is 344. The molecule has 0 aliphatic carbocycles. The van der Waals surface area contributed by atoms with E-state index < -0.39 is 5.60 Å². The molecular formula is C15H25NO3. The number of amides is 1. The van der Waals surface area contributed by atoms with E-state index in [9.17, 15) is 9.59 Å². The number of hydrogen-bond acceptors (Lipinski definition) is 3. The standard InChI is InChI=1S/C15H25NO3/c1-5-6-7-8-13(17)12-9-10-16(11-12)14(18)19-15(2,3)4/h5,12H,1,6-11H2,2-4H3/t12-/m1/s1. The summed E-state index contributed by atoms with van der Waals surface area (Å²) in [6.07, 6.45) is 4.58. The highest BCUT2D eigenvalue weighted by atomic mass is 16.6. The Balaban J connectivity index is 2.38. The number of carbonyl (C=O) groups excluding carboxylic acids is 2. The van der Waals surface area contributed by atoms with E-state index in [1.165, 1.54) is 0 Å². The van der Waals surface area contributed by atoms with Gasteiger partial charge in [-0.25, -0.2) is 4.79 Å². The van der Waals surface area contributed by atoms with Gasteiger partial charge in [-0.15, -0.1) is 6.58 Å². The fourth-order valence-electron chi connectivity index (χ4n) is 2.14. The molecule has 4 nitrogen and oxygen atoms in total. The first-order chi connectivity index (χ1) is 8.83. The normalized spacial score (nSPS) is 19.3. The number of nitrogens with zero attached hydrogens (tertiary/aromatic N) is 1.